The summed E-state index contributed by atoms with van der Waals surface area (Å²) in [5.41, 5.74) is 7.37. The van der Waals surface area contributed by atoms with Crippen LogP contribution in [-0.2, 0) is 12.1 Å². The molecular formula is C28H34N8O2. The van der Waals surface area contributed by atoms with Gasteiger partial charge in [-0.1, -0.05) is 18.6 Å². The monoisotopic (exact) mass is 514 g/mol. The van der Waals surface area contributed by atoms with E-state index in [0.717, 1.165) is 31.9 Å². The summed E-state index contributed by atoms with van der Waals surface area (Å²) in [6.07, 6.45) is 6.89. The second-order valence-corrected chi connectivity index (χ2v) is 9.78. The first-order valence-electron chi connectivity index (χ1n) is 12.4. The molecule has 1 aliphatic rings. The first-order valence-corrected chi connectivity index (χ1v) is 12.4. The predicted molar refractivity (Wildman–Crippen MR) is 153 cm³/mol. The summed E-state index contributed by atoms with van der Waals surface area (Å²) in [6.45, 7) is 11.3. The van der Waals surface area contributed by atoms with Crippen molar-refractivity contribution in [3.63, 3.8) is 0 Å². The number of terminal acetylenes is 1. The van der Waals surface area contributed by atoms with E-state index in [1.54, 1.807) is 32.0 Å². The summed E-state index contributed by atoms with van der Waals surface area (Å²) in [6, 6.07) is 13.2. The molecule has 0 unspecified atom stereocenters. The van der Waals surface area contributed by atoms with Crippen molar-refractivity contribution in [2.24, 2.45) is 4.99 Å². The molecule has 0 saturated carbocycles. The van der Waals surface area contributed by atoms with Crippen LogP contribution in [0.2, 0.25) is 0 Å². The van der Waals surface area contributed by atoms with Crippen molar-refractivity contribution in [2.75, 3.05) is 49.2 Å². The maximum Gasteiger partial charge on any atom is 0.279 e. The summed E-state index contributed by atoms with van der Waals surface area (Å²) >= 11 is 0. The Morgan fingerprint density at radius 1 is 1.24 bits per heavy atom. The van der Waals surface area contributed by atoms with Crippen LogP contribution in [-0.4, -0.2) is 63.8 Å². The number of rotatable bonds is 8. The predicted octanol–water partition coefficient (Wildman–Crippen LogP) is 2.23. The Hall–Kier alpha value is -4.33. The Labute approximate surface area is 222 Å². The molecule has 0 atom stereocenters. The van der Waals surface area contributed by atoms with Gasteiger partial charge in [0, 0.05) is 43.8 Å². The van der Waals surface area contributed by atoms with E-state index in [0.29, 0.717) is 17.3 Å². The third kappa shape index (κ3) is 5.80. The van der Waals surface area contributed by atoms with Crippen molar-refractivity contribution in [3.05, 3.63) is 76.5 Å². The van der Waals surface area contributed by atoms with Crippen LogP contribution >= 0.6 is 0 Å². The smallest absolute Gasteiger partial charge is 0.279 e. The number of nitrogens with one attached hydrogen (secondary N) is 1. The number of benzene rings is 1. The number of nitrogen functional groups attached to an aromatic ring is 1. The van der Waals surface area contributed by atoms with Crippen LogP contribution in [0.1, 0.15) is 25.1 Å². The highest BCUT2D eigenvalue weighted by atomic mass is 16.3. The number of likely N-dealkylation sites (N-methyl/N-ethyl adjacent to an activating group) is 1. The van der Waals surface area contributed by atoms with Crippen LogP contribution in [0.4, 0.5) is 17.2 Å². The second-order valence-electron chi connectivity index (χ2n) is 9.78. The van der Waals surface area contributed by atoms with Gasteiger partial charge in [0.1, 0.15) is 29.3 Å². The molecule has 0 bridgehead atoms. The summed E-state index contributed by atoms with van der Waals surface area (Å²) < 4.78 is 2.74. The first-order chi connectivity index (χ1) is 18.1. The molecule has 1 aliphatic heterocycles. The summed E-state index contributed by atoms with van der Waals surface area (Å²) in [4.78, 5) is 26.7. The lowest BCUT2D eigenvalue weighted by molar-refractivity contribution is 0.0738. The highest BCUT2D eigenvalue weighted by Crippen LogP contribution is 2.22. The van der Waals surface area contributed by atoms with Crippen LogP contribution in [0.15, 0.2) is 64.7 Å². The zero-order valence-electron chi connectivity index (χ0n) is 22.1. The molecule has 4 N–H and O–H groups in total. The number of hydrogen-bond donors (Lipinski definition) is 3. The van der Waals surface area contributed by atoms with Crippen molar-refractivity contribution in [1.82, 2.24) is 19.2 Å². The maximum absolute atomic E-state index is 13.2. The van der Waals surface area contributed by atoms with Crippen molar-refractivity contribution in [2.45, 2.75) is 26.0 Å². The Bertz CT molecular complexity index is 1430. The average Bonchev–Trinajstić information content (AvgIpc) is 3.12. The molecule has 10 nitrogen and oxygen atoms in total. The number of nitrogens with zero attached hydrogens (tertiary/aromatic N) is 6. The van der Waals surface area contributed by atoms with E-state index in [1.807, 2.05) is 12.1 Å². The second kappa shape index (κ2) is 11.0. The van der Waals surface area contributed by atoms with E-state index >= 15 is 0 Å². The molecule has 0 spiro atoms. The highest BCUT2D eigenvalue weighted by molar-refractivity contribution is 5.86. The lowest BCUT2D eigenvalue weighted by Crippen LogP contribution is -2.44. The third-order valence-corrected chi connectivity index (χ3v) is 6.40. The average molecular weight is 515 g/mol. The molecule has 0 amide bonds. The molecule has 3 heterocycles. The van der Waals surface area contributed by atoms with E-state index in [2.05, 4.69) is 56.8 Å². The van der Waals surface area contributed by atoms with Gasteiger partial charge in [0.25, 0.3) is 5.56 Å². The molecule has 1 aromatic carbocycles. The molecule has 2 aromatic heterocycles. The Morgan fingerprint density at radius 3 is 2.55 bits per heavy atom. The number of pyridine rings is 1. The standard InChI is InChI=1S/C28H34N8O2/c1-6-14-35-27(37)23(26(29)36(35)25-9-7-8-24(32-25)28(3,4)38)19-30-20(2)31-21-10-12-22(13-11-21)34-17-15-33(5)16-18-34/h1,7-13,19,31,38H,2,14-18,29H2,3-5H3. The van der Waals surface area contributed by atoms with Crippen molar-refractivity contribution >= 4 is 23.4 Å². The molecule has 198 valence electrons. The fraction of sp³-hybridized carbons (Fsp3) is 0.321. The Morgan fingerprint density at radius 2 is 1.92 bits per heavy atom. The van der Waals surface area contributed by atoms with Gasteiger partial charge >= 0.3 is 0 Å². The van der Waals surface area contributed by atoms with Gasteiger partial charge in [0.05, 0.1) is 5.69 Å². The van der Waals surface area contributed by atoms with Crippen LogP contribution < -0.4 is 21.5 Å². The summed E-state index contributed by atoms with van der Waals surface area (Å²) in [7, 11) is 2.13. The van der Waals surface area contributed by atoms with Gasteiger partial charge < -0.3 is 26.0 Å². The first kappa shape index (κ1) is 26.7. The minimum atomic E-state index is -1.18. The molecular weight excluding hydrogens is 480 g/mol. The minimum Gasteiger partial charge on any atom is -0.384 e. The zero-order chi connectivity index (χ0) is 27.4. The van der Waals surface area contributed by atoms with E-state index in [9.17, 15) is 9.90 Å². The van der Waals surface area contributed by atoms with Gasteiger partial charge in [-0.3, -0.25) is 4.79 Å². The van der Waals surface area contributed by atoms with Crippen molar-refractivity contribution in [1.29, 1.82) is 0 Å². The van der Waals surface area contributed by atoms with Gasteiger partial charge in [-0.2, -0.15) is 0 Å². The number of piperazine rings is 1. The van der Waals surface area contributed by atoms with Crippen LogP contribution in [0.3, 0.4) is 0 Å². The molecule has 0 aliphatic carbocycles. The lowest BCUT2D eigenvalue weighted by Gasteiger charge is -2.34. The number of anilines is 3. The van der Waals surface area contributed by atoms with Crippen molar-refractivity contribution in [3.8, 4) is 18.2 Å². The Kier molecular flexibility index (Phi) is 7.71. The SMILES string of the molecule is C#CCn1c(=O)c(C=NC(=C)Nc2ccc(N3CCN(C)CC3)cc2)c(N)n1-c1cccc(C(C)(C)O)n1. The summed E-state index contributed by atoms with van der Waals surface area (Å²) in [5.74, 6) is 3.30. The number of aliphatic hydroxyl groups is 1. The van der Waals surface area contributed by atoms with Gasteiger partial charge in [0.2, 0.25) is 0 Å². The number of aliphatic imine (C=N–C) groups is 1. The molecule has 3 aromatic rings. The Balaban J connectivity index is 1.54. The van der Waals surface area contributed by atoms with Crippen LogP contribution in [0, 0.1) is 12.3 Å². The number of nitrogens with two attached hydrogens (primary N) is 1. The van der Waals surface area contributed by atoms with E-state index in [1.165, 1.54) is 21.3 Å². The van der Waals surface area contributed by atoms with Crippen molar-refractivity contribution < 1.29 is 5.11 Å². The third-order valence-electron chi connectivity index (χ3n) is 6.40. The quantitative estimate of drug-likeness (QED) is 0.312. The van der Waals surface area contributed by atoms with E-state index in [-0.39, 0.29) is 17.9 Å². The topological polar surface area (TPSA) is 117 Å². The van der Waals surface area contributed by atoms with Crippen LogP contribution in [0.5, 0.6) is 0 Å². The summed E-state index contributed by atoms with van der Waals surface area (Å²) in [5, 5.41) is 13.5. The van der Waals surface area contributed by atoms with Gasteiger partial charge in [0.15, 0.2) is 5.82 Å². The lowest BCUT2D eigenvalue weighted by atomic mass is 10.1. The molecule has 0 radical (unpaired) electrons. The normalized spacial score (nSPS) is 14.6. The maximum atomic E-state index is 13.2. The fourth-order valence-corrected chi connectivity index (χ4v) is 4.22. The van der Waals surface area contributed by atoms with E-state index < -0.39 is 11.2 Å². The molecule has 4 rings (SSSR count). The van der Waals surface area contributed by atoms with Gasteiger partial charge in [-0.05, 0) is 57.3 Å². The van der Waals surface area contributed by atoms with Gasteiger partial charge in [-0.15, -0.1) is 6.42 Å². The van der Waals surface area contributed by atoms with Crippen LogP contribution in [0.25, 0.3) is 5.82 Å². The molecule has 10 heteroatoms. The highest BCUT2D eigenvalue weighted by Gasteiger charge is 2.22. The van der Waals surface area contributed by atoms with Gasteiger partial charge in [-0.25, -0.2) is 19.3 Å². The zero-order valence-corrected chi connectivity index (χ0v) is 22.1. The molecule has 1 saturated heterocycles. The fourth-order valence-electron chi connectivity index (χ4n) is 4.22. The van der Waals surface area contributed by atoms with E-state index in [4.69, 9.17) is 12.2 Å². The number of hydrogen-bond acceptors (Lipinski definition) is 8. The largest absolute Gasteiger partial charge is 0.384 e. The molecule has 38 heavy (non-hydrogen) atoms. The minimum absolute atomic E-state index is 0.0237. The number of aromatic nitrogens is 3. The molecule has 1 fully saturated rings.